The van der Waals surface area contributed by atoms with E-state index in [1.807, 2.05) is 11.8 Å². The molecule has 1 aromatic rings. The molecular weight excluding hydrogens is 304 g/mol. The quantitative estimate of drug-likeness (QED) is 0.863. The first-order chi connectivity index (χ1) is 10.5. The molecule has 1 N–H and O–H groups in total. The molecule has 1 aromatic carbocycles. The summed E-state index contributed by atoms with van der Waals surface area (Å²) in [4.78, 5) is 16.0. The highest BCUT2D eigenvalue weighted by atomic mass is 35.5. The van der Waals surface area contributed by atoms with Crippen molar-refractivity contribution in [3.8, 4) is 5.75 Å². The minimum Gasteiger partial charge on any atom is -0.492 e. The standard InChI is InChI=1S/C16H23ClN2O3/c1-12(19-8-7-14(20)11-19)16(21)18(2)9-10-22-15-5-3-13(17)4-6-15/h3-6,12,14,20H,7-11H2,1-2H3/t12?,14-/m0/s1. The van der Waals surface area contributed by atoms with E-state index in [-0.39, 0.29) is 18.1 Å². The van der Waals surface area contributed by atoms with E-state index in [1.54, 1.807) is 36.2 Å². The second-order valence-electron chi connectivity index (χ2n) is 5.68. The van der Waals surface area contributed by atoms with E-state index in [1.165, 1.54) is 0 Å². The van der Waals surface area contributed by atoms with Gasteiger partial charge in [0.1, 0.15) is 12.4 Å². The molecule has 122 valence electrons. The first-order valence-electron chi connectivity index (χ1n) is 7.53. The fourth-order valence-corrected chi connectivity index (χ4v) is 2.66. The molecule has 2 rings (SSSR count). The Balaban J connectivity index is 1.75. The number of halogens is 1. The minimum absolute atomic E-state index is 0.0498. The van der Waals surface area contributed by atoms with Crippen LogP contribution >= 0.6 is 11.6 Å². The highest BCUT2D eigenvalue weighted by Gasteiger charge is 2.29. The van der Waals surface area contributed by atoms with Crippen LogP contribution in [0.15, 0.2) is 24.3 Å². The molecule has 1 fully saturated rings. The summed E-state index contributed by atoms with van der Waals surface area (Å²) >= 11 is 5.81. The predicted octanol–water partition coefficient (Wildman–Crippen LogP) is 1.63. The lowest BCUT2D eigenvalue weighted by Gasteiger charge is -2.27. The Morgan fingerprint density at radius 3 is 2.77 bits per heavy atom. The zero-order valence-corrected chi connectivity index (χ0v) is 13.8. The van der Waals surface area contributed by atoms with E-state index in [0.29, 0.717) is 24.7 Å². The normalized spacial score (nSPS) is 19.9. The molecule has 0 bridgehead atoms. The first kappa shape index (κ1) is 17.1. The Labute approximate surface area is 136 Å². The number of hydrogen-bond acceptors (Lipinski definition) is 4. The lowest BCUT2D eigenvalue weighted by molar-refractivity contribution is -0.135. The zero-order valence-electron chi connectivity index (χ0n) is 13.0. The molecule has 0 aliphatic carbocycles. The third kappa shape index (κ3) is 4.60. The van der Waals surface area contributed by atoms with Crippen LogP contribution < -0.4 is 4.74 Å². The Kier molecular flexibility index (Phi) is 6.06. The van der Waals surface area contributed by atoms with Crippen molar-refractivity contribution in [3.63, 3.8) is 0 Å². The van der Waals surface area contributed by atoms with Crippen LogP contribution in [-0.4, -0.2) is 66.2 Å². The van der Waals surface area contributed by atoms with Crippen molar-refractivity contribution in [2.75, 3.05) is 33.3 Å². The zero-order chi connectivity index (χ0) is 16.1. The van der Waals surface area contributed by atoms with Crippen molar-refractivity contribution < 1.29 is 14.6 Å². The van der Waals surface area contributed by atoms with Crippen molar-refractivity contribution in [1.82, 2.24) is 9.80 Å². The maximum absolute atomic E-state index is 12.4. The number of likely N-dealkylation sites (N-methyl/N-ethyl adjacent to an activating group) is 1. The van der Waals surface area contributed by atoms with Gasteiger partial charge in [0, 0.05) is 25.2 Å². The molecule has 0 aromatic heterocycles. The van der Waals surface area contributed by atoms with Crippen LogP contribution in [0.2, 0.25) is 5.02 Å². The molecule has 1 heterocycles. The molecule has 0 radical (unpaired) electrons. The van der Waals surface area contributed by atoms with E-state index in [9.17, 15) is 9.90 Å². The van der Waals surface area contributed by atoms with Crippen LogP contribution in [0.25, 0.3) is 0 Å². The van der Waals surface area contributed by atoms with Gasteiger partial charge in [-0.3, -0.25) is 9.69 Å². The number of hydrogen-bond donors (Lipinski definition) is 1. The van der Waals surface area contributed by atoms with Crippen LogP contribution in [-0.2, 0) is 4.79 Å². The number of carbonyl (C=O) groups excluding carboxylic acids is 1. The number of likely N-dealkylation sites (tertiary alicyclic amines) is 1. The number of ether oxygens (including phenoxy) is 1. The topological polar surface area (TPSA) is 53.0 Å². The molecular formula is C16H23ClN2O3. The van der Waals surface area contributed by atoms with Gasteiger partial charge in [0.15, 0.2) is 0 Å². The van der Waals surface area contributed by atoms with Gasteiger partial charge in [-0.25, -0.2) is 0 Å². The van der Waals surface area contributed by atoms with Gasteiger partial charge in [-0.15, -0.1) is 0 Å². The summed E-state index contributed by atoms with van der Waals surface area (Å²) in [5.41, 5.74) is 0. The smallest absolute Gasteiger partial charge is 0.239 e. The van der Waals surface area contributed by atoms with Gasteiger partial charge in [-0.05, 0) is 37.6 Å². The van der Waals surface area contributed by atoms with Crippen molar-refractivity contribution in [2.45, 2.75) is 25.5 Å². The Morgan fingerprint density at radius 2 is 2.18 bits per heavy atom. The average molecular weight is 327 g/mol. The Bertz CT molecular complexity index is 495. The van der Waals surface area contributed by atoms with Gasteiger partial charge in [0.05, 0.1) is 18.7 Å². The van der Waals surface area contributed by atoms with Gasteiger partial charge in [-0.2, -0.15) is 0 Å². The predicted molar refractivity (Wildman–Crippen MR) is 86.2 cm³/mol. The van der Waals surface area contributed by atoms with E-state index >= 15 is 0 Å². The molecule has 1 aliphatic heterocycles. The van der Waals surface area contributed by atoms with Gasteiger partial charge in [-0.1, -0.05) is 11.6 Å². The summed E-state index contributed by atoms with van der Waals surface area (Å²) < 4.78 is 5.60. The van der Waals surface area contributed by atoms with E-state index < -0.39 is 0 Å². The second kappa shape index (κ2) is 7.81. The maximum atomic E-state index is 12.4. The molecule has 2 atom stereocenters. The third-order valence-electron chi connectivity index (χ3n) is 3.99. The summed E-state index contributed by atoms with van der Waals surface area (Å²) in [6.45, 7) is 4.17. The number of carbonyl (C=O) groups is 1. The molecule has 6 heteroatoms. The minimum atomic E-state index is -0.311. The van der Waals surface area contributed by atoms with Crippen LogP contribution in [0, 0.1) is 0 Å². The molecule has 22 heavy (non-hydrogen) atoms. The van der Waals surface area contributed by atoms with Crippen LogP contribution in [0.3, 0.4) is 0 Å². The van der Waals surface area contributed by atoms with Crippen LogP contribution in [0.1, 0.15) is 13.3 Å². The fourth-order valence-electron chi connectivity index (χ4n) is 2.54. The second-order valence-corrected chi connectivity index (χ2v) is 6.11. The fraction of sp³-hybridized carbons (Fsp3) is 0.562. The Hall–Kier alpha value is -1.30. The van der Waals surface area contributed by atoms with Crippen LogP contribution in [0.4, 0.5) is 0 Å². The van der Waals surface area contributed by atoms with E-state index in [4.69, 9.17) is 16.3 Å². The summed E-state index contributed by atoms with van der Waals surface area (Å²) in [5, 5.41) is 10.2. The van der Waals surface area contributed by atoms with Gasteiger partial charge < -0.3 is 14.7 Å². The SMILES string of the molecule is CC(C(=O)N(C)CCOc1ccc(Cl)cc1)N1CC[C@H](O)C1. The molecule has 5 nitrogen and oxygen atoms in total. The number of aliphatic hydroxyl groups is 1. The van der Waals surface area contributed by atoms with Gasteiger partial charge in [0.25, 0.3) is 0 Å². The molecule has 0 saturated carbocycles. The largest absolute Gasteiger partial charge is 0.492 e. The number of β-amino-alcohol motifs (C(OH)–C–C–N with tert-alkyl or cyclic N) is 1. The van der Waals surface area contributed by atoms with Crippen molar-refractivity contribution in [2.24, 2.45) is 0 Å². The van der Waals surface area contributed by atoms with Crippen molar-refractivity contribution >= 4 is 17.5 Å². The lowest BCUT2D eigenvalue weighted by atomic mass is 10.2. The number of benzene rings is 1. The summed E-state index contributed by atoms with van der Waals surface area (Å²) in [6, 6.07) is 6.94. The molecule has 1 saturated heterocycles. The first-order valence-corrected chi connectivity index (χ1v) is 7.90. The molecule has 1 aliphatic rings. The average Bonchev–Trinajstić information content (AvgIpc) is 2.94. The van der Waals surface area contributed by atoms with Gasteiger partial charge in [0.2, 0.25) is 5.91 Å². The molecule has 1 unspecified atom stereocenters. The number of aliphatic hydroxyl groups excluding tert-OH is 1. The molecule has 0 spiro atoms. The van der Waals surface area contributed by atoms with Crippen molar-refractivity contribution in [1.29, 1.82) is 0 Å². The summed E-state index contributed by atoms with van der Waals surface area (Å²) in [7, 11) is 1.77. The monoisotopic (exact) mass is 326 g/mol. The van der Waals surface area contributed by atoms with Crippen molar-refractivity contribution in [3.05, 3.63) is 29.3 Å². The highest BCUT2D eigenvalue weighted by Crippen LogP contribution is 2.16. The van der Waals surface area contributed by atoms with E-state index in [0.717, 1.165) is 18.7 Å². The van der Waals surface area contributed by atoms with E-state index in [2.05, 4.69) is 0 Å². The van der Waals surface area contributed by atoms with Crippen LogP contribution in [0.5, 0.6) is 5.75 Å². The molecule has 1 amide bonds. The summed E-state index contributed by atoms with van der Waals surface area (Å²) in [6.07, 6.45) is 0.426. The summed E-state index contributed by atoms with van der Waals surface area (Å²) in [5.74, 6) is 0.787. The number of amides is 1. The maximum Gasteiger partial charge on any atom is 0.239 e. The lowest BCUT2D eigenvalue weighted by Crippen LogP contribution is -2.46. The third-order valence-corrected chi connectivity index (χ3v) is 4.24. The highest BCUT2D eigenvalue weighted by molar-refractivity contribution is 6.30. The number of nitrogens with zero attached hydrogens (tertiary/aromatic N) is 2. The Morgan fingerprint density at radius 1 is 1.50 bits per heavy atom. The van der Waals surface area contributed by atoms with Gasteiger partial charge >= 0.3 is 0 Å². The number of rotatable bonds is 6.